The number of benzene rings is 2. The minimum Gasteiger partial charge on any atom is -0.465 e. The van der Waals surface area contributed by atoms with E-state index in [0.29, 0.717) is 11.0 Å². The van der Waals surface area contributed by atoms with Gasteiger partial charge in [0.05, 0.1) is 25.3 Å². The highest BCUT2D eigenvalue weighted by Crippen LogP contribution is 2.33. The maximum absolute atomic E-state index is 13.6. The Morgan fingerprint density at radius 3 is 2.10 bits per heavy atom. The first kappa shape index (κ1) is 20.3. The van der Waals surface area contributed by atoms with Gasteiger partial charge in [0.1, 0.15) is 22.6 Å². The molecule has 0 radical (unpaired) electrons. The highest BCUT2D eigenvalue weighted by molar-refractivity contribution is 6.20. The van der Waals surface area contributed by atoms with Crippen molar-refractivity contribution in [3.8, 4) is 0 Å². The molecule has 0 amide bonds. The van der Waals surface area contributed by atoms with Crippen molar-refractivity contribution in [1.82, 2.24) is 4.40 Å². The zero-order valence-corrected chi connectivity index (χ0v) is 17.1. The second-order valence-electron chi connectivity index (χ2n) is 6.98. The lowest BCUT2D eigenvalue weighted by Gasteiger charge is -2.10. The van der Waals surface area contributed by atoms with Crippen LogP contribution < -0.4 is 0 Å². The molecule has 0 aliphatic rings. The van der Waals surface area contributed by atoms with Crippen LogP contribution in [0.1, 0.15) is 42.3 Å². The van der Waals surface area contributed by atoms with E-state index in [1.165, 1.54) is 26.4 Å². The molecule has 2 aromatic heterocycles. The number of hydrogen-bond acceptors (Lipinski definition) is 5. The number of carbonyl (C=O) groups excluding carboxylic acids is 3. The van der Waals surface area contributed by atoms with E-state index in [-0.39, 0.29) is 22.4 Å². The van der Waals surface area contributed by atoms with Gasteiger partial charge in [-0.3, -0.25) is 4.79 Å². The number of hydrogen-bond donors (Lipinski definition) is 0. The van der Waals surface area contributed by atoms with Gasteiger partial charge in [-0.1, -0.05) is 18.2 Å². The summed E-state index contributed by atoms with van der Waals surface area (Å²) in [6, 6.07) is 14.0. The smallest absolute Gasteiger partial charge is 0.341 e. The molecule has 0 N–H and O–H groups in total. The molecule has 4 rings (SSSR count). The average molecular weight is 419 g/mol. The molecule has 0 saturated carbocycles. The Labute approximate surface area is 176 Å². The van der Waals surface area contributed by atoms with Crippen LogP contribution in [0, 0.1) is 12.7 Å². The number of para-hydroxylation sites is 1. The molecular formula is C24H18FNO5. The predicted octanol–water partition coefficient (Wildman–Crippen LogP) is 4.34. The number of aryl methyl sites for hydroxylation is 1. The summed E-state index contributed by atoms with van der Waals surface area (Å²) >= 11 is 0. The van der Waals surface area contributed by atoms with Gasteiger partial charge in [0, 0.05) is 10.9 Å². The summed E-state index contributed by atoms with van der Waals surface area (Å²) in [5, 5.41) is 0.839. The molecular weight excluding hydrogens is 401 g/mol. The average Bonchev–Trinajstić information content (AvgIpc) is 3.13. The van der Waals surface area contributed by atoms with Gasteiger partial charge in [0.15, 0.2) is 0 Å². The van der Waals surface area contributed by atoms with Crippen LogP contribution in [-0.4, -0.2) is 36.3 Å². The first-order chi connectivity index (χ1) is 14.9. The second kappa shape index (κ2) is 7.68. The number of aromatic nitrogens is 1. The third-order valence-electron chi connectivity index (χ3n) is 5.23. The second-order valence-corrected chi connectivity index (χ2v) is 6.98. The first-order valence-corrected chi connectivity index (χ1v) is 9.42. The van der Waals surface area contributed by atoms with Crippen LogP contribution >= 0.6 is 0 Å². The lowest BCUT2D eigenvalue weighted by Crippen LogP contribution is -2.15. The van der Waals surface area contributed by atoms with Crippen molar-refractivity contribution >= 4 is 34.1 Å². The van der Waals surface area contributed by atoms with Crippen LogP contribution in [0.15, 0.2) is 54.6 Å². The number of fused-ring (bicyclic) bond motifs is 3. The monoisotopic (exact) mass is 419 g/mol. The Balaban J connectivity index is 2.22. The Hall–Kier alpha value is -4.00. The Morgan fingerprint density at radius 2 is 1.45 bits per heavy atom. The lowest BCUT2D eigenvalue weighted by molar-refractivity contribution is 0.0556. The van der Waals surface area contributed by atoms with Gasteiger partial charge in [-0.15, -0.1) is 0 Å². The number of ether oxygens (including phenoxy) is 2. The normalized spacial score (nSPS) is 11.0. The number of halogens is 1. The molecule has 0 unspecified atom stereocenters. The number of esters is 2. The summed E-state index contributed by atoms with van der Waals surface area (Å²) < 4.78 is 24.8. The molecule has 0 fully saturated rings. The van der Waals surface area contributed by atoms with Gasteiger partial charge in [0.25, 0.3) is 0 Å². The van der Waals surface area contributed by atoms with Gasteiger partial charge in [-0.2, -0.15) is 0 Å². The van der Waals surface area contributed by atoms with Crippen LogP contribution in [0.3, 0.4) is 0 Å². The van der Waals surface area contributed by atoms with E-state index in [1.807, 2.05) is 19.1 Å². The van der Waals surface area contributed by atoms with Gasteiger partial charge in [-0.25, -0.2) is 14.0 Å². The van der Waals surface area contributed by atoms with E-state index in [2.05, 4.69) is 0 Å². The topological polar surface area (TPSA) is 74.1 Å². The summed E-state index contributed by atoms with van der Waals surface area (Å²) in [4.78, 5) is 39.1. The highest BCUT2D eigenvalue weighted by Gasteiger charge is 2.34. The fourth-order valence-electron chi connectivity index (χ4n) is 3.82. The summed E-state index contributed by atoms with van der Waals surface area (Å²) in [5.74, 6) is -2.68. The molecule has 0 aliphatic carbocycles. The number of methoxy groups -OCH3 is 2. The van der Waals surface area contributed by atoms with Crippen LogP contribution in [0.5, 0.6) is 0 Å². The quantitative estimate of drug-likeness (QED) is 0.363. The van der Waals surface area contributed by atoms with E-state index < -0.39 is 23.5 Å². The maximum atomic E-state index is 13.6. The third-order valence-corrected chi connectivity index (χ3v) is 5.23. The van der Waals surface area contributed by atoms with E-state index >= 15 is 0 Å². The van der Waals surface area contributed by atoms with E-state index in [0.717, 1.165) is 23.1 Å². The predicted molar refractivity (Wildman–Crippen MR) is 112 cm³/mol. The maximum Gasteiger partial charge on any atom is 0.341 e. The minimum absolute atomic E-state index is 0.0509. The molecule has 0 atom stereocenters. The number of pyridine rings is 1. The van der Waals surface area contributed by atoms with E-state index in [1.54, 1.807) is 22.6 Å². The summed E-state index contributed by atoms with van der Waals surface area (Å²) in [6.45, 7) is 1.87. The molecule has 6 nitrogen and oxygen atoms in total. The van der Waals surface area contributed by atoms with Gasteiger partial charge in [0.2, 0.25) is 5.78 Å². The van der Waals surface area contributed by atoms with Gasteiger partial charge >= 0.3 is 11.9 Å². The number of nitrogens with zero attached hydrogens (tertiary/aromatic N) is 1. The van der Waals surface area contributed by atoms with Crippen LogP contribution in [0.4, 0.5) is 4.39 Å². The largest absolute Gasteiger partial charge is 0.465 e. The van der Waals surface area contributed by atoms with Crippen molar-refractivity contribution in [2.24, 2.45) is 0 Å². The van der Waals surface area contributed by atoms with Crippen LogP contribution in [0.2, 0.25) is 0 Å². The summed E-state index contributed by atoms with van der Waals surface area (Å²) in [6.07, 6.45) is 0. The van der Waals surface area contributed by atoms with Crippen LogP contribution in [-0.2, 0) is 9.47 Å². The molecule has 156 valence electrons. The van der Waals surface area contributed by atoms with E-state index in [4.69, 9.17) is 9.47 Å². The van der Waals surface area contributed by atoms with Crippen molar-refractivity contribution in [3.63, 3.8) is 0 Å². The molecule has 2 heterocycles. The number of rotatable bonds is 4. The van der Waals surface area contributed by atoms with Crippen molar-refractivity contribution in [3.05, 3.63) is 88.4 Å². The standard InChI is InChI=1S/C24H18FNO5/c1-13-12-18-19(23(28)30-2)20(24(29)31-3)21(22(27)14-8-10-15(25)11-9-14)26(18)17-7-5-4-6-16(13)17/h4-12H,1-3H3. The summed E-state index contributed by atoms with van der Waals surface area (Å²) in [5.41, 5.74) is 1.67. The lowest BCUT2D eigenvalue weighted by atomic mass is 10.0. The molecule has 2 aromatic carbocycles. The zero-order valence-electron chi connectivity index (χ0n) is 17.1. The van der Waals surface area contributed by atoms with Crippen molar-refractivity contribution in [2.45, 2.75) is 6.92 Å². The highest BCUT2D eigenvalue weighted by atomic mass is 19.1. The Bertz CT molecular complexity index is 1370. The molecule has 4 aromatic rings. The van der Waals surface area contributed by atoms with Crippen molar-refractivity contribution in [2.75, 3.05) is 14.2 Å². The summed E-state index contributed by atoms with van der Waals surface area (Å²) in [7, 11) is 2.36. The molecule has 0 aliphatic heterocycles. The molecule has 7 heteroatoms. The Morgan fingerprint density at radius 1 is 0.839 bits per heavy atom. The van der Waals surface area contributed by atoms with Crippen molar-refractivity contribution in [1.29, 1.82) is 0 Å². The Kier molecular flexibility index (Phi) is 5.02. The van der Waals surface area contributed by atoms with E-state index in [9.17, 15) is 18.8 Å². The molecule has 0 spiro atoms. The third kappa shape index (κ3) is 3.15. The van der Waals surface area contributed by atoms with Crippen molar-refractivity contribution < 1.29 is 28.2 Å². The fraction of sp³-hybridized carbons (Fsp3) is 0.125. The minimum atomic E-state index is -0.851. The first-order valence-electron chi connectivity index (χ1n) is 9.42. The number of ketones is 1. The zero-order chi connectivity index (χ0) is 22.3. The van der Waals surface area contributed by atoms with Gasteiger partial charge < -0.3 is 13.9 Å². The molecule has 31 heavy (non-hydrogen) atoms. The number of carbonyl (C=O) groups is 3. The SMILES string of the molecule is COC(=O)c1c(C(=O)OC)c2cc(C)c3ccccc3n2c1C(=O)c1ccc(F)cc1. The van der Waals surface area contributed by atoms with Crippen LogP contribution in [0.25, 0.3) is 16.4 Å². The fourth-order valence-corrected chi connectivity index (χ4v) is 3.82. The molecule has 0 bridgehead atoms. The van der Waals surface area contributed by atoms with Gasteiger partial charge in [-0.05, 0) is 48.9 Å². The molecule has 0 saturated heterocycles.